The summed E-state index contributed by atoms with van der Waals surface area (Å²) in [5, 5.41) is 8.36. The Balaban J connectivity index is 0.000000489. The van der Waals surface area contributed by atoms with E-state index in [0.29, 0.717) is 6.07 Å². The van der Waals surface area contributed by atoms with E-state index < -0.39 is 11.6 Å². The van der Waals surface area contributed by atoms with Crippen LogP contribution >= 0.6 is 0 Å². The van der Waals surface area contributed by atoms with E-state index in [9.17, 15) is 13.6 Å². The molecule has 0 aliphatic rings. The fourth-order valence-electron chi connectivity index (χ4n) is 1.93. The molecule has 2 heterocycles. The molecule has 1 aromatic carbocycles. The average molecular weight is 594 g/mol. The van der Waals surface area contributed by atoms with E-state index in [1.54, 1.807) is 24.3 Å². The summed E-state index contributed by atoms with van der Waals surface area (Å²) in [4.78, 5) is 17.8. The molecule has 9 heteroatoms. The summed E-state index contributed by atoms with van der Waals surface area (Å²) in [6, 6.07) is 12.9. The van der Waals surface area contributed by atoms with E-state index in [1.807, 2.05) is 0 Å². The standard InChI is InChI=1S/C16H9F2N2O2.C5H8O2.Pt/c17-11-9-12(18)14(22-16-6-2-4-8-20-16)10-13(11)21-15-5-1-3-7-19-15;1-4(6)3-5(2)7;/h1-9H;3,6H,1-2H3;/q-1;;/b;4-3-;. The maximum Gasteiger partial charge on any atom is 0.216 e. The van der Waals surface area contributed by atoms with Crippen LogP contribution in [0.1, 0.15) is 13.8 Å². The molecule has 1 N–H and O–H groups in total. The largest absolute Gasteiger partial charge is 0.512 e. The Hall–Kier alpha value is -3.12. The van der Waals surface area contributed by atoms with Crippen LogP contribution in [0.3, 0.4) is 0 Å². The average Bonchev–Trinajstić information content (AvgIpc) is 2.67. The Labute approximate surface area is 186 Å². The van der Waals surface area contributed by atoms with E-state index in [-0.39, 0.29) is 55.9 Å². The van der Waals surface area contributed by atoms with Crippen molar-refractivity contribution >= 4 is 5.78 Å². The molecule has 0 fully saturated rings. The van der Waals surface area contributed by atoms with Crippen LogP contribution in [-0.4, -0.2) is 20.9 Å². The molecule has 0 spiro atoms. The molecule has 3 aromatic rings. The van der Waals surface area contributed by atoms with Gasteiger partial charge in [-0.25, -0.2) is 9.97 Å². The molecular formula is C21H17F2N2O4Pt-. The number of aromatic nitrogens is 2. The van der Waals surface area contributed by atoms with Gasteiger partial charge < -0.3 is 14.6 Å². The summed E-state index contributed by atoms with van der Waals surface area (Å²) in [5.74, 6) is -2.18. The van der Waals surface area contributed by atoms with Crippen LogP contribution in [-0.2, 0) is 25.9 Å². The zero-order valence-electron chi connectivity index (χ0n) is 15.9. The molecule has 0 aliphatic carbocycles. The van der Waals surface area contributed by atoms with Crippen molar-refractivity contribution in [3.63, 3.8) is 0 Å². The van der Waals surface area contributed by atoms with E-state index in [2.05, 4.69) is 16.0 Å². The summed E-state index contributed by atoms with van der Waals surface area (Å²) in [5.41, 5.74) is 0. The van der Waals surface area contributed by atoms with Crippen LogP contribution in [0.4, 0.5) is 8.78 Å². The third-order valence-electron chi connectivity index (χ3n) is 3.02. The van der Waals surface area contributed by atoms with Gasteiger partial charge in [-0.15, -0.1) is 0 Å². The van der Waals surface area contributed by atoms with Gasteiger partial charge >= 0.3 is 0 Å². The Morgan fingerprint density at radius 3 is 1.73 bits per heavy atom. The summed E-state index contributed by atoms with van der Waals surface area (Å²) in [6.45, 7) is 2.85. The zero-order valence-corrected chi connectivity index (χ0v) is 18.2. The predicted molar refractivity (Wildman–Crippen MR) is 101 cm³/mol. The number of hydrogen-bond acceptors (Lipinski definition) is 6. The van der Waals surface area contributed by atoms with E-state index in [1.165, 1.54) is 44.4 Å². The first-order chi connectivity index (χ1) is 13.8. The molecule has 0 aliphatic heterocycles. The number of benzene rings is 1. The molecule has 3 rings (SSSR count). The van der Waals surface area contributed by atoms with Crippen LogP contribution in [0.25, 0.3) is 0 Å². The maximum absolute atomic E-state index is 13.8. The van der Waals surface area contributed by atoms with Gasteiger partial charge in [0, 0.05) is 51.7 Å². The minimum Gasteiger partial charge on any atom is -0.512 e. The number of pyridine rings is 2. The number of rotatable bonds is 5. The SMILES string of the molecule is CC(=O)/C=C(/C)O.Fc1cc(F)c(Oc2ccccn2)[c-]c1Oc1ccccn1.[Pt]. The van der Waals surface area contributed by atoms with Crippen LogP contribution in [0.2, 0.25) is 0 Å². The first-order valence-corrected chi connectivity index (χ1v) is 8.32. The smallest absolute Gasteiger partial charge is 0.216 e. The van der Waals surface area contributed by atoms with Crippen molar-refractivity contribution < 1.29 is 49.2 Å². The second-order valence-corrected chi connectivity index (χ2v) is 5.56. The molecule has 0 radical (unpaired) electrons. The first kappa shape index (κ1) is 24.9. The van der Waals surface area contributed by atoms with Gasteiger partial charge in [0.05, 0.1) is 28.9 Å². The molecule has 0 saturated carbocycles. The van der Waals surface area contributed by atoms with Crippen LogP contribution in [0, 0.1) is 17.7 Å². The minimum absolute atomic E-state index is 0. The van der Waals surface area contributed by atoms with Crippen molar-refractivity contribution in [3.8, 4) is 23.3 Å². The van der Waals surface area contributed by atoms with Crippen LogP contribution in [0.15, 0.2) is 66.7 Å². The Morgan fingerprint density at radius 2 is 1.43 bits per heavy atom. The van der Waals surface area contributed by atoms with Gasteiger partial charge in [0.25, 0.3) is 0 Å². The number of halogens is 2. The molecular weight excluding hydrogens is 577 g/mol. The van der Waals surface area contributed by atoms with Crippen molar-refractivity contribution in [1.29, 1.82) is 0 Å². The number of carbonyl (C=O) groups is 1. The van der Waals surface area contributed by atoms with E-state index in [0.717, 1.165) is 0 Å². The molecule has 6 nitrogen and oxygen atoms in total. The van der Waals surface area contributed by atoms with Gasteiger partial charge in [0.15, 0.2) is 5.78 Å². The fraction of sp³-hybridized carbons (Fsp3) is 0.0952. The molecule has 0 atom stereocenters. The Morgan fingerprint density at radius 1 is 0.967 bits per heavy atom. The number of carbonyl (C=O) groups excluding carboxylic acids is 1. The molecule has 2 aromatic heterocycles. The van der Waals surface area contributed by atoms with Crippen molar-refractivity contribution in [2.45, 2.75) is 13.8 Å². The molecule has 0 saturated heterocycles. The van der Waals surface area contributed by atoms with Gasteiger partial charge in [-0.05, 0) is 26.0 Å². The number of hydrogen-bond donors (Lipinski definition) is 1. The summed E-state index contributed by atoms with van der Waals surface area (Å²) >= 11 is 0. The number of ether oxygens (including phenoxy) is 2. The quantitative estimate of drug-likeness (QED) is 0.249. The Kier molecular flexibility index (Phi) is 10.3. The number of ketones is 1. The summed E-state index contributed by atoms with van der Waals surface area (Å²) in [7, 11) is 0. The third kappa shape index (κ3) is 8.49. The first-order valence-electron chi connectivity index (χ1n) is 8.32. The molecule has 30 heavy (non-hydrogen) atoms. The molecule has 0 unspecified atom stereocenters. The summed E-state index contributed by atoms with van der Waals surface area (Å²) < 4.78 is 38.0. The van der Waals surface area contributed by atoms with Gasteiger partial charge in [0.1, 0.15) is 0 Å². The van der Waals surface area contributed by atoms with E-state index >= 15 is 0 Å². The van der Waals surface area contributed by atoms with Crippen LogP contribution < -0.4 is 9.47 Å². The van der Waals surface area contributed by atoms with Crippen molar-refractivity contribution in [2.75, 3.05) is 0 Å². The van der Waals surface area contributed by atoms with Crippen molar-refractivity contribution in [2.24, 2.45) is 0 Å². The Bertz CT molecular complexity index is 920. The summed E-state index contributed by atoms with van der Waals surface area (Å²) in [6.07, 6.45) is 4.14. The van der Waals surface area contributed by atoms with Gasteiger partial charge in [-0.3, -0.25) is 13.6 Å². The number of nitrogens with zero attached hydrogens (tertiary/aromatic N) is 2. The van der Waals surface area contributed by atoms with E-state index in [4.69, 9.17) is 14.6 Å². The van der Waals surface area contributed by atoms with Crippen LogP contribution in [0.5, 0.6) is 23.3 Å². The molecule has 0 bridgehead atoms. The predicted octanol–water partition coefficient (Wildman–Crippen LogP) is 5.17. The van der Waals surface area contributed by atoms with Gasteiger partial charge in [-0.1, -0.05) is 24.3 Å². The van der Waals surface area contributed by atoms with Crippen molar-refractivity contribution in [1.82, 2.24) is 9.97 Å². The molecule has 0 amide bonds. The minimum atomic E-state index is -0.906. The normalized spacial score (nSPS) is 10.2. The van der Waals surface area contributed by atoms with Gasteiger partial charge in [-0.2, -0.15) is 0 Å². The maximum atomic E-state index is 13.8. The second kappa shape index (κ2) is 12.4. The number of aliphatic hydroxyl groups is 1. The number of aliphatic hydroxyl groups excluding tert-OH is 1. The second-order valence-electron chi connectivity index (χ2n) is 5.56. The van der Waals surface area contributed by atoms with Crippen molar-refractivity contribution in [3.05, 3.63) is 84.4 Å². The topological polar surface area (TPSA) is 81.5 Å². The third-order valence-corrected chi connectivity index (χ3v) is 3.02. The number of allylic oxidation sites excluding steroid dienone is 2. The van der Waals surface area contributed by atoms with Gasteiger partial charge in [0.2, 0.25) is 11.8 Å². The zero-order chi connectivity index (χ0) is 21.2. The fourth-order valence-corrected chi connectivity index (χ4v) is 1.93. The molecule has 160 valence electrons. The monoisotopic (exact) mass is 594 g/mol.